The quantitative estimate of drug-likeness (QED) is 0.0433. The second kappa shape index (κ2) is 30.1. The topological polar surface area (TPSA) is 119 Å². The molecule has 0 fully saturated rings. The molecule has 0 heterocycles. The Labute approximate surface area is 257 Å². The van der Waals surface area contributed by atoms with Gasteiger partial charge in [-0.25, -0.2) is 4.57 Å². The van der Waals surface area contributed by atoms with E-state index in [-0.39, 0.29) is 19.4 Å². The highest BCUT2D eigenvalue weighted by Gasteiger charge is 2.22. The highest BCUT2D eigenvalue weighted by molar-refractivity contribution is 7.46. The van der Waals surface area contributed by atoms with E-state index in [1.165, 1.54) is 116 Å². The van der Waals surface area contributed by atoms with Gasteiger partial charge >= 0.3 is 19.8 Å². The Kier molecular flexibility index (Phi) is 29.4. The van der Waals surface area contributed by atoms with Gasteiger partial charge in [-0.1, -0.05) is 155 Å². The largest absolute Gasteiger partial charge is 0.469 e. The molecule has 0 saturated heterocycles. The normalized spacial score (nSPS) is 12.4. The van der Waals surface area contributed by atoms with Gasteiger partial charge in [-0.2, -0.15) is 0 Å². The minimum atomic E-state index is -4.73. The first kappa shape index (κ1) is 41.0. The van der Waals surface area contributed by atoms with Crippen molar-refractivity contribution < 1.29 is 37.9 Å². The summed E-state index contributed by atoms with van der Waals surface area (Å²) in [6, 6.07) is 0. The van der Waals surface area contributed by atoms with E-state index >= 15 is 0 Å². The van der Waals surface area contributed by atoms with Crippen molar-refractivity contribution >= 4 is 19.8 Å². The van der Waals surface area contributed by atoms with E-state index in [2.05, 4.69) is 18.4 Å². The van der Waals surface area contributed by atoms with Crippen LogP contribution in [-0.2, 0) is 28.2 Å². The number of carbonyl (C=O) groups is 2. The van der Waals surface area contributed by atoms with Gasteiger partial charge in [0.05, 0.1) is 6.61 Å². The number of unbranched alkanes of at least 4 members (excludes halogenated alkanes) is 22. The summed E-state index contributed by atoms with van der Waals surface area (Å²) >= 11 is 0. The SMILES string of the molecule is CCCCCCCCCCCCCCCC(=O)OC(COC(=O)CCCCCCCCCCCCC)COP(=O)(O)O. The van der Waals surface area contributed by atoms with Crippen LogP contribution in [0.4, 0.5) is 0 Å². The van der Waals surface area contributed by atoms with Gasteiger partial charge in [0.1, 0.15) is 6.61 Å². The van der Waals surface area contributed by atoms with Crippen molar-refractivity contribution in [3.63, 3.8) is 0 Å². The van der Waals surface area contributed by atoms with Crippen molar-refractivity contribution in [2.24, 2.45) is 0 Å². The van der Waals surface area contributed by atoms with Crippen molar-refractivity contribution in [1.82, 2.24) is 0 Å². The molecular formula is C33H65O8P. The lowest BCUT2D eigenvalue weighted by atomic mass is 10.0. The molecule has 1 unspecified atom stereocenters. The number of hydrogen-bond acceptors (Lipinski definition) is 6. The predicted molar refractivity (Wildman–Crippen MR) is 170 cm³/mol. The van der Waals surface area contributed by atoms with E-state index in [1.807, 2.05) is 0 Å². The zero-order valence-electron chi connectivity index (χ0n) is 27.2. The summed E-state index contributed by atoms with van der Waals surface area (Å²) in [7, 11) is -4.73. The molecule has 0 aliphatic rings. The summed E-state index contributed by atoms with van der Waals surface area (Å²) in [4.78, 5) is 42.5. The summed E-state index contributed by atoms with van der Waals surface area (Å²) in [6.07, 6.45) is 28.2. The van der Waals surface area contributed by atoms with Gasteiger partial charge in [-0.3, -0.25) is 14.1 Å². The van der Waals surface area contributed by atoms with Crippen LogP contribution in [0.15, 0.2) is 0 Å². The summed E-state index contributed by atoms with van der Waals surface area (Å²) in [6.45, 7) is 3.66. The van der Waals surface area contributed by atoms with Crippen LogP contribution in [0.25, 0.3) is 0 Å². The van der Waals surface area contributed by atoms with Crippen molar-refractivity contribution in [1.29, 1.82) is 0 Å². The van der Waals surface area contributed by atoms with E-state index in [1.54, 1.807) is 0 Å². The van der Waals surface area contributed by atoms with Gasteiger partial charge < -0.3 is 19.3 Å². The number of phosphoric acid groups is 1. The second-order valence-corrected chi connectivity index (χ2v) is 13.1. The van der Waals surface area contributed by atoms with Crippen LogP contribution in [0, 0.1) is 0 Å². The molecule has 0 aliphatic heterocycles. The standard InChI is InChI=1S/C33H65O8P/c1-3-5-7-9-11-13-15-16-18-20-22-24-26-28-33(35)41-31(30-40-42(36,37)38)29-39-32(34)27-25-23-21-19-17-14-12-10-8-6-4-2/h31H,3-30H2,1-2H3,(H2,36,37,38). The number of hydrogen-bond donors (Lipinski definition) is 2. The Bertz CT molecular complexity index is 666. The smallest absolute Gasteiger partial charge is 0.462 e. The monoisotopic (exact) mass is 620 g/mol. The minimum absolute atomic E-state index is 0.219. The molecule has 1 atom stereocenters. The predicted octanol–water partition coefficient (Wildman–Crippen LogP) is 9.73. The maximum absolute atomic E-state index is 12.3. The number of esters is 2. The number of rotatable bonds is 32. The molecule has 0 aromatic rings. The van der Waals surface area contributed by atoms with Crippen molar-refractivity contribution in [2.75, 3.05) is 13.2 Å². The minimum Gasteiger partial charge on any atom is -0.462 e. The van der Waals surface area contributed by atoms with Crippen LogP contribution in [-0.4, -0.2) is 41.0 Å². The van der Waals surface area contributed by atoms with E-state index in [9.17, 15) is 14.2 Å². The Morgan fingerprint density at radius 1 is 0.524 bits per heavy atom. The maximum Gasteiger partial charge on any atom is 0.469 e. The highest BCUT2D eigenvalue weighted by Crippen LogP contribution is 2.36. The lowest BCUT2D eigenvalue weighted by molar-refractivity contribution is -0.161. The summed E-state index contributed by atoms with van der Waals surface area (Å²) in [5, 5.41) is 0. The lowest BCUT2D eigenvalue weighted by Crippen LogP contribution is -2.29. The van der Waals surface area contributed by atoms with Gasteiger partial charge in [-0.15, -0.1) is 0 Å². The molecule has 42 heavy (non-hydrogen) atoms. The highest BCUT2D eigenvalue weighted by atomic mass is 31.2. The van der Waals surface area contributed by atoms with Gasteiger partial charge in [-0.05, 0) is 12.8 Å². The number of ether oxygens (including phenoxy) is 2. The van der Waals surface area contributed by atoms with Gasteiger partial charge in [0.2, 0.25) is 0 Å². The van der Waals surface area contributed by atoms with Crippen LogP contribution >= 0.6 is 7.82 Å². The van der Waals surface area contributed by atoms with Crippen molar-refractivity contribution in [3.8, 4) is 0 Å². The van der Waals surface area contributed by atoms with E-state index < -0.39 is 32.5 Å². The second-order valence-electron chi connectivity index (χ2n) is 11.9. The Morgan fingerprint density at radius 2 is 0.857 bits per heavy atom. The van der Waals surface area contributed by atoms with E-state index in [4.69, 9.17) is 19.3 Å². The molecule has 0 amide bonds. The third kappa shape index (κ3) is 32.0. The molecule has 0 spiro atoms. The first-order chi connectivity index (χ1) is 20.3. The summed E-state index contributed by atoms with van der Waals surface area (Å²) < 4.78 is 26.2. The van der Waals surface area contributed by atoms with Gasteiger partial charge in [0.25, 0.3) is 0 Å². The van der Waals surface area contributed by atoms with Gasteiger partial charge in [0, 0.05) is 12.8 Å². The molecule has 0 aromatic carbocycles. The molecule has 250 valence electrons. The fourth-order valence-electron chi connectivity index (χ4n) is 5.02. The molecule has 2 N–H and O–H groups in total. The molecule has 0 radical (unpaired) electrons. The van der Waals surface area contributed by atoms with Crippen molar-refractivity contribution in [2.45, 2.75) is 187 Å². The average Bonchev–Trinajstić information content (AvgIpc) is 2.95. The van der Waals surface area contributed by atoms with Crippen LogP contribution < -0.4 is 0 Å². The van der Waals surface area contributed by atoms with E-state index in [0.717, 1.165) is 32.1 Å². The molecule has 9 heteroatoms. The zero-order valence-corrected chi connectivity index (χ0v) is 28.1. The molecular weight excluding hydrogens is 555 g/mol. The fraction of sp³-hybridized carbons (Fsp3) is 0.939. The molecule has 0 aromatic heterocycles. The average molecular weight is 621 g/mol. The number of carbonyl (C=O) groups excluding carboxylic acids is 2. The third-order valence-electron chi connectivity index (χ3n) is 7.63. The van der Waals surface area contributed by atoms with Crippen LogP contribution in [0.3, 0.4) is 0 Å². The maximum atomic E-state index is 12.3. The zero-order chi connectivity index (χ0) is 31.2. The molecule has 0 aliphatic carbocycles. The van der Waals surface area contributed by atoms with Crippen LogP contribution in [0.5, 0.6) is 0 Å². The number of phosphoric ester groups is 1. The molecule has 0 bridgehead atoms. The summed E-state index contributed by atoms with van der Waals surface area (Å²) in [5.41, 5.74) is 0. The van der Waals surface area contributed by atoms with Crippen LogP contribution in [0.2, 0.25) is 0 Å². The Morgan fingerprint density at radius 3 is 1.21 bits per heavy atom. The molecule has 0 saturated carbocycles. The fourth-order valence-corrected chi connectivity index (χ4v) is 5.38. The van der Waals surface area contributed by atoms with E-state index in [0.29, 0.717) is 6.42 Å². The lowest BCUT2D eigenvalue weighted by Gasteiger charge is -2.18. The van der Waals surface area contributed by atoms with Gasteiger partial charge in [0.15, 0.2) is 6.10 Å². The first-order valence-electron chi connectivity index (χ1n) is 17.3. The van der Waals surface area contributed by atoms with Crippen LogP contribution in [0.1, 0.15) is 181 Å². The Balaban J connectivity index is 3.97. The van der Waals surface area contributed by atoms with Crippen molar-refractivity contribution in [3.05, 3.63) is 0 Å². The first-order valence-corrected chi connectivity index (χ1v) is 18.9. The summed E-state index contributed by atoms with van der Waals surface area (Å²) in [5.74, 6) is -0.876. The Hall–Kier alpha value is -0.950. The molecule has 0 rings (SSSR count). The third-order valence-corrected chi connectivity index (χ3v) is 8.11. The molecule has 8 nitrogen and oxygen atoms in total.